The molecule has 13 heavy (non-hydrogen) atoms. The standard InChI is InChI=1S/C11H13NO/c1-8-6-10(13)7-9(2)11(8)4-3-5-12/h6-7,13H,5,12H2,1-2H3. The second kappa shape index (κ2) is 3.97. The Morgan fingerprint density at radius 3 is 2.31 bits per heavy atom. The molecule has 1 aromatic rings. The lowest BCUT2D eigenvalue weighted by atomic mass is 10.0. The van der Waals surface area contributed by atoms with Gasteiger partial charge in [0.2, 0.25) is 0 Å². The average Bonchev–Trinajstić information content (AvgIpc) is 2.02. The zero-order valence-corrected chi connectivity index (χ0v) is 7.89. The van der Waals surface area contributed by atoms with Gasteiger partial charge in [0.1, 0.15) is 5.75 Å². The summed E-state index contributed by atoms with van der Waals surface area (Å²) >= 11 is 0. The van der Waals surface area contributed by atoms with Crippen LogP contribution >= 0.6 is 0 Å². The summed E-state index contributed by atoms with van der Waals surface area (Å²) in [6.07, 6.45) is 0. The van der Waals surface area contributed by atoms with E-state index in [9.17, 15) is 5.11 Å². The lowest BCUT2D eigenvalue weighted by Crippen LogP contribution is -1.94. The van der Waals surface area contributed by atoms with Crippen molar-refractivity contribution in [3.05, 3.63) is 28.8 Å². The predicted octanol–water partition coefficient (Wildman–Crippen LogP) is 1.32. The molecule has 1 aromatic carbocycles. The van der Waals surface area contributed by atoms with Gasteiger partial charge in [0.15, 0.2) is 0 Å². The minimum atomic E-state index is 0.285. The summed E-state index contributed by atoms with van der Waals surface area (Å²) < 4.78 is 0. The van der Waals surface area contributed by atoms with Crippen molar-refractivity contribution in [3.63, 3.8) is 0 Å². The summed E-state index contributed by atoms with van der Waals surface area (Å²) in [4.78, 5) is 0. The summed E-state index contributed by atoms with van der Waals surface area (Å²) in [5.41, 5.74) is 8.21. The van der Waals surface area contributed by atoms with Crippen LogP contribution in [-0.4, -0.2) is 11.7 Å². The van der Waals surface area contributed by atoms with E-state index in [1.165, 1.54) is 0 Å². The molecule has 0 bridgehead atoms. The minimum Gasteiger partial charge on any atom is -0.508 e. The lowest BCUT2D eigenvalue weighted by molar-refractivity contribution is 0.474. The number of hydrogen-bond acceptors (Lipinski definition) is 2. The van der Waals surface area contributed by atoms with E-state index in [4.69, 9.17) is 5.73 Å². The van der Waals surface area contributed by atoms with Gasteiger partial charge in [-0.15, -0.1) is 0 Å². The van der Waals surface area contributed by atoms with Crippen LogP contribution in [0.3, 0.4) is 0 Å². The second-order valence-electron chi connectivity index (χ2n) is 2.96. The minimum absolute atomic E-state index is 0.285. The molecule has 0 saturated carbocycles. The van der Waals surface area contributed by atoms with Crippen LogP contribution in [0.2, 0.25) is 0 Å². The maximum absolute atomic E-state index is 9.27. The number of phenolic OH excluding ortho intramolecular Hbond substituents is 1. The molecule has 68 valence electrons. The molecule has 0 radical (unpaired) electrons. The predicted molar refractivity (Wildman–Crippen MR) is 53.5 cm³/mol. The van der Waals surface area contributed by atoms with Crippen LogP contribution in [0.1, 0.15) is 16.7 Å². The van der Waals surface area contributed by atoms with Crippen LogP contribution in [0.25, 0.3) is 0 Å². The normalized spacial score (nSPS) is 9.15. The third-order valence-corrected chi connectivity index (χ3v) is 1.83. The lowest BCUT2D eigenvalue weighted by Gasteiger charge is -2.03. The molecule has 0 atom stereocenters. The Balaban J connectivity index is 3.21. The molecule has 1 rings (SSSR count). The monoisotopic (exact) mass is 175 g/mol. The first-order valence-corrected chi connectivity index (χ1v) is 4.14. The highest BCUT2D eigenvalue weighted by Crippen LogP contribution is 2.19. The first-order valence-electron chi connectivity index (χ1n) is 4.14. The van der Waals surface area contributed by atoms with Crippen molar-refractivity contribution in [1.29, 1.82) is 0 Å². The number of benzene rings is 1. The van der Waals surface area contributed by atoms with E-state index in [-0.39, 0.29) is 5.75 Å². The van der Waals surface area contributed by atoms with Crippen LogP contribution in [0.15, 0.2) is 12.1 Å². The van der Waals surface area contributed by atoms with Crippen LogP contribution in [0.4, 0.5) is 0 Å². The molecule has 0 aliphatic carbocycles. The van der Waals surface area contributed by atoms with Crippen LogP contribution in [-0.2, 0) is 0 Å². The Morgan fingerprint density at radius 1 is 1.31 bits per heavy atom. The van der Waals surface area contributed by atoms with E-state index < -0.39 is 0 Å². The maximum Gasteiger partial charge on any atom is 0.116 e. The number of nitrogens with two attached hydrogens (primary N) is 1. The highest BCUT2D eigenvalue weighted by molar-refractivity contribution is 5.49. The van der Waals surface area contributed by atoms with Gasteiger partial charge in [-0.05, 0) is 37.1 Å². The van der Waals surface area contributed by atoms with Gasteiger partial charge in [0.25, 0.3) is 0 Å². The van der Waals surface area contributed by atoms with E-state index in [0.29, 0.717) is 6.54 Å². The van der Waals surface area contributed by atoms with Crippen molar-refractivity contribution in [1.82, 2.24) is 0 Å². The average molecular weight is 175 g/mol. The molecule has 2 heteroatoms. The quantitative estimate of drug-likeness (QED) is 0.584. The summed E-state index contributed by atoms with van der Waals surface area (Å²) in [6.45, 7) is 4.21. The molecule has 0 aliphatic rings. The van der Waals surface area contributed by atoms with Gasteiger partial charge in [0, 0.05) is 5.56 Å². The zero-order chi connectivity index (χ0) is 9.84. The Kier molecular flexibility index (Phi) is 2.94. The number of aromatic hydroxyl groups is 1. The van der Waals surface area contributed by atoms with Gasteiger partial charge < -0.3 is 10.8 Å². The molecule has 2 nitrogen and oxygen atoms in total. The van der Waals surface area contributed by atoms with Crippen molar-refractivity contribution in [2.45, 2.75) is 13.8 Å². The van der Waals surface area contributed by atoms with Crippen molar-refractivity contribution in [2.24, 2.45) is 5.73 Å². The molecule has 0 saturated heterocycles. The maximum atomic E-state index is 9.27. The van der Waals surface area contributed by atoms with Crippen molar-refractivity contribution in [2.75, 3.05) is 6.54 Å². The first-order chi connectivity index (χ1) is 6.15. The summed E-state index contributed by atoms with van der Waals surface area (Å²) in [5, 5.41) is 9.27. The Bertz CT molecular complexity index is 348. The summed E-state index contributed by atoms with van der Waals surface area (Å²) in [5.74, 6) is 6.07. The van der Waals surface area contributed by atoms with Crippen molar-refractivity contribution in [3.8, 4) is 17.6 Å². The Hall–Kier alpha value is -1.46. The molecular formula is C11H13NO. The van der Waals surface area contributed by atoms with Gasteiger partial charge in [-0.25, -0.2) is 0 Å². The van der Waals surface area contributed by atoms with E-state index in [2.05, 4.69) is 11.8 Å². The molecule has 0 aromatic heterocycles. The molecule has 0 heterocycles. The van der Waals surface area contributed by atoms with Crippen LogP contribution in [0, 0.1) is 25.7 Å². The van der Waals surface area contributed by atoms with E-state index in [0.717, 1.165) is 16.7 Å². The van der Waals surface area contributed by atoms with E-state index in [1.54, 1.807) is 12.1 Å². The summed E-state index contributed by atoms with van der Waals surface area (Å²) in [6, 6.07) is 3.40. The van der Waals surface area contributed by atoms with Gasteiger partial charge in [-0.1, -0.05) is 11.8 Å². The largest absolute Gasteiger partial charge is 0.508 e. The zero-order valence-electron chi connectivity index (χ0n) is 7.89. The number of phenols is 1. The highest BCUT2D eigenvalue weighted by Gasteiger charge is 2.00. The first kappa shape index (κ1) is 9.63. The molecular weight excluding hydrogens is 162 g/mol. The Morgan fingerprint density at radius 2 is 1.85 bits per heavy atom. The third kappa shape index (κ3) is 2.24. The number of hydrogen-bond donors (Lipinski definition) is 2. The molecule has 0 unspecified atom stereocenters. The fourth-order valence-electron chi connectivity index (χ4n) is 1.28. The SMILES string of the molecule is Cc1cc(O)cc(C)c1C#CCN. The Labute approximate surface area is 78.4 Å². The van der Waals surface area contributed by atoms with Crippen molar-refractivity contribution < 1.29 is 5.11 Å². The molecule has 0 fully saturated rings. The molecule has 0 aliphatic heterocycles. The van der Waals surface area contributed by atoms with Crippen LogP contribution < -0.4 is 5.73 Å². The molecule has 3 N–H and O–H groups in total. The topological polar surface area (TPSA) is 46.2 Å². The molecule has 0 spiro atoms. The van der Waals surface area contributed by atoms with Gasteiger partial charge in [-0.2, -0.15) is 0 Å². The van der Waals surface area contributed by atoms with E-state index >= 15 is 0 Å². The number of rotatable bonds is 0. The number of aryl methyl sites for hydroxylation is 2. The second-order valence-corrected chi connectivity index (χ2v) is 2.96. The highest BCUT2D eigenvalue weighted by atomic mass is 16.3. The van der Waals surface area contributed by atoms with Gasteiger partial charge in [0.05, 0.1) is 6.54 Å². The fraction of sp³-hybridized carbons (Fsp3) is 0.273. The fourth-order valence-corrected chi connectivity index (χ4v) is 1.28. The van der Waals surface area contributed by atoms with E-state index in [1.807, 2.05) is 13.8 Å². The third-order valence-electron chi connectivity index (χ3n) is 1.83. The summed E-state index contributed by atoms with van der Waals surface area (Å²) in [7, 11) is 0. The van der Waals surface area contributed by atoms with Crippen LogP contribution in [0.5, 0.6) is 5.75 Å². The van der Waals surface area contributed by atoms with Crippen molar-refractivity contribution >= 4 is 0 Å². The smallest absolute Gasteiger partial charge is 0.116 e. The van der Waals surface area contributed by atoms with Gasteiger partial charge in [-0.3, -0.25) is 0 Å². The van der Waals surface area contributed by atoms with Gasteiger partial charge >= 0.3 is 0 Å². The molecule has 0 amide bonds.